The van der Waals surface area contributed by atoms with Crippen LogP contribution in [0.5, 0.6) is 0 Å². The lowest BCUT2D eigenvalue weighted by Crippen LogP contribution is -2.03. The Morgan fingerprint density at radius 1 is 1.04 bits per heavy atom. The van der Waals surface area contributed by atoms with E-state index in [0.29, 0.717) is 10.9 Å². The van der Waals surface area contributed by atoms with E-state index in [1.807, 2.05) is 67.0 Å². The molecule has 0 fully saturated rings. The number of aliphatic hydroxyl groups excluding tert-OH is 1. The molecule has 4 aromatic rings. The minimum atomic E-state index is -0.830. The van der Waals surface area contributed by atoms with E-state index >= 15 is 0 Å². The minimum Gasteiger partial charge on any atom is -0.382 e. The van der Waals surface area contributed by atoms with Crippen molar-refractivity contribution in [2.45, 2.75) is 11.3 Å². The Labute approximate surface area is 149 Å². The lowest BCUT2D eigenvalue weighted by Gasteiger charge is -2.11. The van der Waals surface area contributed by atoms with Crippen LogP contribution in [0.15, 0.2) is 72.1 Å². The van der Waals surface area contributed by atoms with Crippen molar-refractivity contribution in [3.05, 3.63) is 78.2 Å². The van der Waals surface area contributed by atoms with E-state index < -0.39 is 6.10 Å². The molecular formula is C19H16N4OS. The van der Waals surface area contributed by atoms with Gasteiger partial charge in [0.1, 0.15) is 11.8 Å². The summed E-state index contributed by atoms with van der Waals surface area (Å²) in [6.07, 6.45) is 4.72. The second-order valence-electron chi connectivity index (χ2n) is 5.53. The Bertz CT molecular complexity index is 1020. The number of pyridine rings is 1. The van der Waals surface area contributed by atoms with Gasteiger partial charge in [0.25, 0.3) is 0 Å². The molecule has 0 bridgehead atoms. The third-order valence-corrected chi connectivity index (χ3v) is 4.58. The summed E-state index contributed by atoms with van der Waals surface area (Å²) in [5, 5.41) is 16.2. The molecule has 0 aliphatic rings. The van der Waals surface area contributed by atoms with Gasteiger partial charge in [-0.15, -0.1) is 0 Å². The molecular weight excluding hydrogens is 332 g/mol. The van der Waals surface area contributed by atoms with Crippen LogP contribution in [0.25, 0.3) is 16.8 Å². The molecule has 0 spiro atoms. The van der Waals surface area contributed by atoms with E-state index in [4.69, 9.17) is 0 Å². The van der Waals surface area contributed by atoms with Gasteiger partial charge in [0.05, 0.1) is 16.8 Å². The lowest BCUT2D eigenvalue weighted by molar-refractivity contribution is 0.215. The second-order valence-corrected chi connectivity index (χ2v) is 6.31. The Balaban J connectivity index is 1.95. The molecule has 5 nitrogen and oxygen atoms in total. The van der Waals surface area contributed by atoms with Crippen molar-refractivity contribution in [3.8, 4) is 11.3 Å². The van der Waals surface area contributed by atoms with Gasteiger partial charge in [-0.3, -0.25) is 0 Å². The van der Waals surface area contributed by atoms with Gasteiger partial charge < -0.3 is 5.11 Å². The van der Waals surface area contributed by atoms with Gasteiger partial charge in [-0.2, -0.15) is 5.10 Å². The van der Waals surface area contributed by atoms with Crippen LogP contribution < -0.4 is 0 Å². The normalized spacial score (nSPS) is 12.4. The molecule has 4 rings (SSSR count). The maximum Gasteiger partial charge on any atom is 0.187 e. The van der Waals surface area contributed by atoms with Crippen LogP contribution in [0.3, 0.4) is 0 Å². The quantitative estimate of drug-likeness (QED) is 0.451. The zero-order valence-corrected chi connectivity index (χ0v) is 14.4. The van der Waals surface area contributed by atoms with Crippen LogP contribution in [0.4, 0.5) is 0 Å². The highest BCUT2D eigenvalue weighted by atomic mass is 32.2. The Hall–Kier alpha value is -2.70. The van der Waals surface area contributed by atoms with Gasteiger partial charge in [0.15, 0.2) is 5.16 Å². The van der Waals surface area contributed by atoms with Crippen LogP contribution in [0.2, 0.25) is 0 Å². The van der Waals surface area contributed by atoms with E-state index in [0.717, 1.165) is 22.3 Å². The molecule has 0 aliphatic heterocycles. The number of thioether (sulfide) groups is 1. The molecule has 0 aliphatic carbocycles. The van der Waals surface area contributed by atoms with Gasteiger partial charge in [0, 0.05) is 12.4 Å². The summed E-state index contributed by atoms with van der Waals surface area (Å²) in [6, 6.07) is 17.2. The third-order valence-electron chi connectivity index (χ3n) is 4.01. The fourth-order valence-electron chi connectivity index (χ4n) is 2.84. The number of fused-ring (bicyclic) bond motifs is 1. The first-order chi connectivity index (χ1) is 12.3. The van der Waals surface area contributed by atoms with Gasteiger partial charge in [0.2, 0.25) is 0 Å². The molecule has 1 N–H and O–H groups in total. The zero-order chi connectivity index (χ0) is 17.2. The summed E-state index contributed by atoms with van der Waals surface area (Å²) in [6.45, 7) is 0. The molecule has 124 valence electrons. The molecule has 0 radical (unpaired) electrons. The monoisotopic (exact) mass is 348 g/mol. The number of benzene rings is 1. The molecule has 1 aromatic carbocycles. The Kier molecular flexibility index (Phi) is 4.21. The number of aliphatic hydroxyl groups is 1. The molecule has 1 unspecified atom stereocenters. The summed E-state index contributed by atoms with van der Waals surface area (Å²) in [4.78, 5) is 8.85. The number of nitrogens with zero attached hydrogens (tertiary/aromatic N) is 4. The van der Waals surface area contributed by atoms with Crippen LogP contribution >= 0.6 is 11.8 Å². The zero-order valence-electron chi connectivity index (χ0n) is 13.6. The largest absolute Gasteiger partial charge is 0.382 e. The molecule has 0 saturated carbocycles. The standard InChI is InChI=1S/C19H16N4OS/c1-25-19-20-11-10-14(21-19)16-15-9-5-6-12-23(15)22-17(16)18(24)13-7-3-2-4-8-13/h2-12,18,24H,1H3. The van der Waals surface area contributed by atoms with Crippen molar-refractivity contribution in [2.75, 3.05) is 6.26 Å². The predicted octanol–water partition coefficient (Wildman–Crippen LogP) is 3.59. The van der Waals surface area contributed by atoms with Crippen molar-refractivity contribution < 1.29 is 5.11 Å². The van der Waals surface area contributed by atoms with E-state index in [1.54, 1.807) is 10.7 Å². The second kappa shape index (κ2) is 6.66. The Morgan fingerprint density at radius 3 is 2.64 bits per heavy atom. The molecule has 1 atom stereocenters. The average molecular weight is 348 g/mol. The van der Waals surface area contributed by atoms with Crippen molar-refractivity contribution in [2.24, 2.45) is 0 Å². The summed E-state index contributed by atoms with van der Waals surface area (Å²) in [5.41, 5.74) is 3.87. The van der Waals surface area contributed by atoms with E-state index in [9.17, 15) is 5.11 Å². The average Bonchev–Trinajstić information content (AvgIpc) is 3.07. The molecule has 0 saturated heterocycles. The SMILES string of the molecule is CSc1nccc(-c2c(C(O)c3ccccc3)nn3ccccc23)n1. The molecule has 25 heavy (non-hydrogen) atoms. The van der Waals surface area contributed by atoms with Crippen molar-refractivity contribution in [3.63, 3.8) is 0 Å². The first kappa shape index (κ1) is 15.8. The summed E-state index contributed by atoms with van der Waals surface area (Å²) < 4.78 is 1.78. The van der Waals surface area contributed by atoms with Gasteiger partial charge in [-0.25, -0.2) is 14.5 Å². The highest BCUT2D eigenvalue weighted by Crippen LogP contribution is 2.34. The van der Waals surface area contributed by atoms with Crippen LogP contribution in [0, 0.1) is 0 Å². The maximum atomic E-state index is 10.9. The van der Waals surface area contributed by atoms with Crippen LogP contribution in [-0.2, 0) is 0 Å². The first-order valence-corrected chi connectivity index (χ1v) is 9.08. The number of hydrogen-bond acceptors (Lipinski definition) is 5. The first-order valence-electron chi connectivity index (χ1n) is 7.85. The lowest BCUT2D eigenvalue weighted by atomic mass is 10.0. The van der Waals surface area contributed by atoms with E-state index in [2.05, 4.69) is 15.1 Å². The Morgan fingerprint density at radius 2 is 1.84 bits per heavy atom. The highest BCUT2D eigenvalue weighted by Gasteiger charge is 2.23. The van der Waals surface area contributed by atoms with Crippen molar-refractivity contribution >= 4 is 17.3 Å². The van der Waals surface area contributed by atoms with Gasteiger partial charge in [-0.05, 0) is 30.0 Å². The minimum absolute atomic E-state index is 0.586. The van der Waals surface area contributed by atoms with Gasteiger partial charge in [-0.1, -0.05) is 48.2 Å². The van der Waals surface area contributed by atoms with Crippen molar-refractivity contribution in [1.29, 1.82) is 0 Å². The van der Waals surface area contributed by atoms with E-state index in [1.165, 1.54) is 11.8 Å². The number of aromatic nitrogens is 4. The molecule has 6 heteroatoms. The smallest absolute Gasteiger partial charge is 0.187 e. The maximum absolute atomic E-state index is 10.9. The van der Waals surface area contributed by atoms with Crippen LogP contribution in [0.1, 0.15) is 17.4 Å². The third kappa shape index (κ3) is 2.90. The fourth-order valence-corrected chi connectivity index (χ4v) is 3.20. The summed E-state index contributed by atoms with van der Waals surface area (Å²) in [5.74, 6) is 0. The topological polar surface area (TPSA) is 63.3 Å². The molecule has 0 amide bonds. The van der Waals surface area contributed by atoms with Crippen molar-refractivity contribution in [1.82, 2.24) is 19.6 Å². The molecule has 3 heterocycles. The summed E-state index contributed by atoms with van der Waals surface area (Å²) in [7, 11) is 0. The number of hydrogen-bond donors (Lipinski definition) is 1. The number of rotatable bonds is 4. The predicted molar refractivity (Wildman–Crippen MR) is 98.5 cm³/mol. The summed E-state index contributed by atoms with van der Waals surface area (Å²) >= 11 is 1.48. The fraction of sp³-hybridized carbons (Fsp3) is 0.105. The van der Waals surface area contributed by atoms with E-state index in [-0.39, 0.29) is 0 Å². The van der Waals surface area contributed by atoms with Gasteiger partial charge >= 0.3 is 0 Å². The highest BCUT2D eigenvalue weighted by molar-refractivity contribution is 7.98. The van der Waals surface area contributed by atoms with Crippen LogP contribution in [-0.4, -0.2) is 30.9 Å². The molecule has 3 aromatic heterocycles.